The molecule has 0 saturated carbocycles. The molecular formula is C26H27N3O5S. The molecule has 0 unspecified atom stereocenters. The largest absolute Gasteiger partial charge is 0.344 e. The Morgan fingerprint density at radius 2 is 1.80 bits per heavy atom. The van der Waals surface area contributed by atoms with Crippen molar-refractivity contribution in [2.45, 2.75) is 38.8 Å². The van der Waals surface area contributed by atoms with E-state index in [-0.39, 0.29) is 29.9 Å². The van der Waals surface area contributed by atoms with E-state index >= 15 is 0 Å². The number of hydrogen-bond acceptors (Lipinski definition) is 5. The van der Waals surface area contributed by atoms with Crippen LogP contribution in [-0.4, -0.2) is 53.7 Å². The minimum Gasteiger partial charge on any atom is -0.344 e. The number of aryl methyl sites for hydroxylation is 1. The summed E-state index contributed by atoms with van der Waals surface area (Å²) in [7, 11) is -3.09. The summed E-state index contributed by atoms with van der Waals surface area (Å²) in [6.45, 7) is 4.87. The second-order valence-corrected chi connectivity index (χ2v) is 11.9. The summed E-state index contributed by atoms with van der Waals surface area (Å²) in [6.07, 6.45) is 0.503. The standard InChI is InChI=1S/C26H27N3O5S/c1-16-12-22(17(2)29(16)21-10-11-35(33,34)15-21)23(30)14-28-24(31)26(3,27-25(28)32)20-9-8-18-6-4-5-7-19(18)13-20/h4-9,12-13,21H,10-11,14-15H2,1-3H3,(H,27,32)/t21-,26-/m1/s1. The Hall–Kier alpha value is -3.46. The molecule has 8 nitrogen and oxygen atoms in total. The highest BCUT2D eigenvalue weighted by Crippen LogP contribution is 2.32. The van der Waals surface area contributed by atoms with Gasteiger partial charge in [0.1, 0.15) is 5.54 Å². The van der Waals surface area contributed by atoms with Crippen molar-refractivity contribution in [3.8, 4) is 0 Å². The number of fused-ring (bicyclic) bond motifs is 1. The molecule has 3 aromatic rings. The molecule has 2 aliphatic rings. The predicted octanol–water partition coefficient (Wildman–Crippen LogP) is 3.27. The number of amides is 3. The number of rotatable bonds is 5. The fraction of sp³-hybridized carbons (Fsp3) is 0.346. The van der Waals surface area contributed by atoms with Crippen LogP contribution >= 0.6 is 0 Å². The molecule has 0 bridgehead atoms. The number of hydrogen-bond donors (Lipinski definition) is 1. The van der Waals surface area contributed by atoms with Crippen molar-refractivity contribution in [3.63, 3.8) is 0 Å². The second kappa shape index (κ2) is 8.05. The highest BCUT2D eigenvalue weighted by atomic mass is 32.2. The Morgan fingerprint density at radius 1 is 1.09 bits per heavy atom. The molecule has 3 amide bonds. The molecule has 2 fully saturated rings. The average Bonchev–Trinajstić information content (AvgIpc) is 3.39. The van der Waals surface area contributed by atoms with Crippen LogP contribution in [0, 0.1) is 13.8 Å². The summed E-state index contributed by atoms with van der Waals surface area (Å²) in [4.78, 5) is 40.4. The fourth-order valence-electron chi connectivity index (χ4n) is 5.37. The highest BCUT2D eigenvalue weighted by Gasteiger charge is 2.49. The Bertz CT molecular complexity index is 1510. The molecule has 0 radical (unpaired) electrons. The molecule has 5 rings (SSSR count). The molecule has 0 aliphatic carbocycles. The first-order valence-corrected chi connectivity index (χ1v) is 13.4. The van der Waals surface area contributed by atoms with E-state index < -0.39 is 27.3 Å². The van der Waals surface area contributed by atoms with Crippen LogP contribution in [-0.2, 0) is 20.2 Å². The third-order valence-electron chi connectivity index (χ3n) is 7.26. The predicted molar refractivity (Wildman–Crippen MR) is 132 cm³/mol. The number of imide groups is 1. The normalized spacial score (nSPS) is 23.7. The molecule has 182 valence electrons. The third-order valence-corrected chi connectivity index (χ3v) is 9.01. The van der Waals surface area contributed by atoms with Crippen LogP contribution in [0.3, 0.4) is 0 Å². The lowest BCUT2D eigenvalue weighted by molar-refractivity contribution is -0.130. The van der Waals surface area contributed by atoms with Gasteiger partial charge in [-0.1, -0.05) is 36.4 Å². The number of Topliss-reactive ketones (excluding diaryl/α,β-unsaturated/α-hetero) is 1. The van der Waals surface area contributed by atoms with E-state index in [0.29, 0.717) is 23.2 Å². The highest BCUT2D eigenvalue weighted by molar-refractivity contribution is 7.91. The fourth-order valence-corrected chi connectivity index (χ4v) is 7.07. The monoisotopic (exact) mass is 493 g/mol. The Kier molecular flexibility index (Phi) is 5.36. The van der Waals surface area contributed by atoms with E-state index in [0.717, 1.165) is 21.4 Å². The first kappa shape index (κ1) is 23.3. The van der Waals surface area contributed by atoms with Crippen LogP contribution in [0.2, 0.25) is 0 Å². The lowest BCUT2D eigenvalue weighted by Gasteiger charge is -2.22. The maximum absolute atomic E-state index is 13.4. The Balaban J connectivity index is 1.40. The number of sulfone groups is 1. The number of ketones is 1. The van der Waals surface area contributed by atoms with Gasteiger partial charge in [0.15, 0.2) is 15.6 Å². The number of benzene rings is 2. The summed E-state index contributed by atoms with van der Waals surface area (Å²) in [5.41, 5.74) is 1.19. The molecule has 0 spiro atoms. The number of carbonyl (C=O) groups is 3. The van der Waals surface area contributed by atoms with Crippen molar-refractivity contribution < 1.29 is 22.8 Å². The van der Waals surface area contributed by atoms with Crippen molar-refractivity contribution in [2.75, 3.05) is 18.1 Å². The molecule has 9 heteroatoms. The van der Waals surface area contributed by atoms with E-state index in [4.69, 9.17) is 0 Å². The van der Waals surface area contributed by atoms with Gasteiger partial charge in [-0.15, -0.1) is 0 Å². The molecule has 1 N–H and O–H groups in total. The summed E-state index contributed by atoms with van der Waals surface area (Å²) in [6, 6.07) is 14.2. The van der Waals surface area contributed by atoms with Gasteiger partial charge in [-0.25, -0.2) is 13.2 Å². The minimum absolute atomic E-state index is 0.0497. The zero-order valence-corrected chi connectivity index (χ0v) is 20.7. The molecule has 2 saturated heterocycles. The zero-order chi connectivity index (χ0) is 25.1. The van der Waals surface area contributed by atoms with E-state index in [9.17, 15) is 22.8 Å². The lowest BCUT2D eigenvalue weighted by Crippen LogP contribution is -2.41. The molecular weight excluding hydrogens is 466 g/mol. The smallest absolute Gasteiger partial charge is 0.325 e. The zero-order valence-electron chi connectivity index (χ0n) is 19.9. The summed E-state index contributed by atoms with van der Waals surface area (Å²) >= 11 is 0. The van der Waals surface area contributed by atoms with Crippen molar-refractivity contribution in [1.29, 1.82) is 0 Å². The van der Waals surface area contributed by atoms with Crippen molar-refractivity contribution in [1.82, 2.24) is 14.8 Å². The number of urea groups is 1. The van der Waals surface area contributed by atoms with Gasteiger partial charge in [0.2, 0.25) is 0 Å². The van der Waals surface area contributed by atoms with Crippen molar-refractivity contribution >= 4 is 38.3 Å². The second-order valence-electron chi connectivity index (χ2n) is 9.64. The van der Waals surface area contributed by atoms with Crippen LogP contribution in [0.25, 0.3) is 10.8 Å². The summed E-state index contributed by atoms with van der Waals surface area (Å²) in [5.74, 6) is -0.666. The first-order valence-electron chi connectivity index (χ1n) is 11.6. The number of aromatic nitrogens is 1. The van der Waals surface area contributed by atoms with Gasteiger partial charge in [-0.05, 0) is 55.7 Å². The average molecular weight is 494 g/mol. The molecule has 2 aromatic carbocycles. The van der Waals surface area contributed by atoms with E-state index in [1.54, 1.807) is 19.9 Å². The van der Waals surface area contributed by atoms with Gasteiger partial charge in [0.05, 0.1) is 18.1 Å². The van der Waals surface area contributed by atoms with Gasteiger partial charge in [0.25, 0.3) is 5.91 Å². The third kappa shape index (κ3) is 3.83. The van der Waals surface area contributed by atoms with Gasteiger partial charge in [0, 0.05) is 23.0 Å². The number of nitrogens with zero attached hydrogens (tertiary/aromatic N) is 2. The van der Waals surface area contributed by atoms with Crippen LogP contribution < -0.4 is 5.32 Å². The molecule has 3 heterocycles. The van der Waals surface area contributed by atoms with Crippen molar-refractivity contribution in [2.24, 2.45) is 0 Å². The van der Waals surface area contributed by atoms with Gasteiger partial charge in [-0.2, -0.15) is 0 Å². The quantitative estimate of drug-likeness (QED) is 0.434. The van der Waals surface area contributed by atoms with Crippen LogP contribution in [0.5, 0.6) is 0 Å². The lowest BCUT2D eigenvalue weighted by atomic mass is 9.90. The van der Waals surface area contributed by atoms with Gasteiger partial charge >= 0.3 is 6.03 Å². The SMILES string of the molecule is Cc1cc(C(=O)CN2C(=O)N[C@](C)(c3ccc4ccccc4c3)C2=O)c(C)n1[C@@H]1CCS(=O)(=O)C1. The molecule has 2 aliphatic heterocycles. The van der Waals surface area contributed by atoms with Crippen LogP contribution in [0.4, 0.5) is 4.79 Å². The maximum Gasteiger partial charge on any atom is 0.325 e. The minimum atomic E-state index is -3.09. The summed E-state index contributed by atoms with van der Waals surface area (Å²) in [5, 5.41) is 4.74. The van der Waals surface area contributed by atoms with Crippen molar-refractivity contribution in [3.05, 3.63) is 71.0 Å². The van der Waals surface area contributed by atoms with E-state index in [2.05, 4.69) is 5.32 Å². The van der Waals surface area contributed by atoms with E-state index in [1.165, 1.54) is 0 Å². The maximum atomic E-state index is 13.4. The van der Waals surface area contributed by atoms with Crippen LogP contribution in [0.15, 0.2) is 48.5 Å². The Morgan fingerprint density at radius 3 is 2.49 bits per heavy atom. The summed E-state index contributed by atoms with van der Waals surface area (Å²) < 4.78 is 25.8. The first-order chi connectivity index (χ1) is 16.5. The topological polar surface area (TPSA) is 106 Å². The molecule has 2 atom stereocenters. The molecule has 1 aromatic heterocycles. The number of carbonyl (C=O) groups excluding carboxylic acids is 3. The van der Waals surface area contributed by atoms with Gasteiger partial charge < -0.3 is 9.88 Å². The Labute approximate surface area is 203 Å². The van der Waals surface area contributed by atoms with Crippen LogP contribution in [0.1, 0.15) is 46.7 Å². The molecule has 35 heavy (non-hydrogen) atoms. The van der Waals surface area contributed by atoms with E-state index in [1.807, 2.05) is 54.0 Å². The number of nitrogens with one attached hydrogen (secondary N) is 1. The van der Waals surface area contributed by atoms with Gasteiger partial charge in [-0.3, -0.25) is 14.5 Å².